The Hall–Kier alpha value is -1.00. The highest BCUT2D eigenvalue weighted by molar-refractivity contribution is 7.97. The molecule has 0 heterocycles. The first-order valence-electron chi connectivity index (χ1n) is 6.20. The monoisotopic (exact) mass is 267 g/mol. The molecule has 0 saturated heterocycles. The molecule has 100 valence electrons. The third-order valence-electron chi connectivity index (χ3n) is 2.81. The smallest absolute Gasteiger partial charge is 0.251 e. The van der Waals surface area contributed by atoms with Gasteiger partial charge in [0.25, 0.3) is 5.91 Å². The molecule has 1 aromatic carbocycles. The minimum absolute atomic E-state index is 0.0479. The van der Waals surface area contributed by atoms with Crippen LogP contribution in [0.4, 0.5) is 0 Å². The third kappa shape index (κ3) is 4.70. The van der Waals surface area contributed by atoms with Crippen LogP contribution in [-0.4, -0.2) is 29.9 Å². The summed E-state index contributed by atoms with van der Waals surface area (Å²) in [6.45, 7) is 2.11. The van der Waals surface area contributed by atoms with E-state index < -0.39 is 0 Å². The van der Waals surface area contributed by atoms with Gasteiger partial charge in [-0.15, -0.1) is 0 Å². The number of carbonyl (C=O) groups is 1. The fraction of sp³-hybridized carbons (Fsp3) is 0.500. The lowest BCUT2D eigenvalue weighted by Gasteiger charge is -2.16. The van der Waals surface area contributed by atoms with Crippen LogP contribution < -0.4 is 5.32 Å². The molecular formula is C14H21NO2S. The lowest BCUT2D eigenvalue weighted by atomic mass is 10.1. The van der Waals surface area contributed by atoms with E-state index in [2.05, 4.69) is 5.32 Å². The zero-order chi connectivity index (χ0) is 13.4. The predicted octanol–water partition coefficient (Wildman–Crippen LogP) is 2.44. The quantitative estimate of drug-likeness (QED) is 0.798. The highest BCUT2D eigenvalue weighted by atomic mass is 32.2. The number of carbonyl (C=O) groups excluding carboxylic acids is 1. The maximum absolute atomic E-state index is 12.0. The van der Waals surface area contributed by atoms with Crippen LogP contribution in [0.2, 0.25) is 0 Å². The molecule has 1 aromatic rings. The average Bonchev–Trinajstić information content (AvgIpc) is 2.39. The highest BCUT2D eigenvalue weighted by Gasteiger charge is 2.11. The van der Waals surface area contributed by atoms with E-state index in [1.165, 1.54) is 0 Å². The number of aliphatic hydroxyl groups is 1. The van der Waals surface area contributed by atoms with Crippen molar-refractivity contribution >= 4 is 17.7 Å². The summed E-state index contributed by atoms with van der Waals surface area (Å²) in [4.78, 5) is 12.0. The number of thioether (sulfide) groups is 1. The summed E-state index contributed by atoms with van der Waals surface area (Å²) < 4.78 is 0. The molecule has 0 aliphatic carbocycles. The zero-order valence-corrected chi connectivity index (χ0v) is 11.8. The summed E-state index contributed by atoms with van der Waals surface area (Å²) in [5, 5.41) is 11.9. The second-order valence-electron chi connectivity index (χ2n) is 4.22. The Balaban J connectivity index is 2.68. The van der Waals surface area contributed by atoms with Crippen molar-refractivity contribution in [2.24, 2.45) is 0 Å². The van der Waals surface area contributed by atoms with Crippen molar-refractivity contribution in [3.63, 3.8) is 0 Å². The molecule has 0 saturated carbocycles. The first kappa shape index (κ1) is 15.1. The van der Waals surface area contributed by atoms with Crippen LogP contribution in [0.15, 0.2) is 24.3 Å². The van der Waals surface area contributed by atoms with E-state index in [1.807, 2.05) is 37.4 Å². The van der Waals surface area contributed by atoms with E-state index in [-0.39, 0.29) is 18.6 Å². The van der Waals surface area contributed by atoms with Crippen molar-refractivity contribution in [3.8, 4) is 0 Å². The summed E-state index contributed by atoms with van der Waals surface area (Å²) in [7, 11) is 0. The molecule has 0 spiro atoms. The van der Waals surface area contributed by atoms with Crippen LogP contribution in [0.5, 0.6) is 0 Å². The largest absolute Gasteiger partial charge is 0.396 e. The molecule has 3 nitrogen and oxygen atoms in total. The van der Waals surface area contributed by atoms with E-state index in [1.54, 1.807) is 11.8 Å². The normalized spacial score (nSPS) is 12.2. The van der Waals surface area contributed by atoms with Gasteiger partial charge in [0, 0.05) is 24.0 Å². The highest BCUT2D eigenvalue weighted by Crippen LogP contribution is 2.12. The fourth-order valence-corrected chi connectivity index (χ4v) is 2.28. The fourth-order valence-electron chi connectivity index (χ4n) is 1.77. The van der Waals surface area contributed by atoms with E-state index in [4.69, 9.17) is 5.11 Å². The predicted molar refractivity (Wildman–Crippen MR) is 76.9 cm³/mol. The minimum atomic E-state index is -0.0572. The molecule has 1 unspecified atom stereocenters. The van der Waals surface area contributed by atoms with Gasteiger partial charge >= 0.3 is 0 Å². The van der Waals surface area contributed by atoms with Crippen LogP contribution in [0.25, 0.3) is 0 Å². The molecule has 4 heteroatoms. The molecule has 0 radical (unpaired) electrons. The number of hydrogen-bond donors (Lipinski definition) is 2. The Morgan fingerprint density at radius 2 is 2.28 bits per heavy atom. The molecule has 0 fully saturated rings. The maximum Gasteiger partial charge on any atom is 0.251 e. The molecule has 0 aliphatic rings. The van der Waals surface area contributed by atoms with Gasteiger partial charge in [-0.05, 0) is 36.8 Å². The standard InChI is InChI=1S/C14H21NO2S/c1-3-13(7-8-16)15-14(17)12-6-4-5-11(9-12)10-18-2/h4-6,9,13,16H,3,7-8,10H2,1-2H3,(H,15,17). The van der Waals surface area contributed by atoms with E-state index in [9.17, 15) is 4.79 Å². The Bertz CT molecular complexity index is 382. The Morgan fingerprint density at radius 3 is 2.89 bits per heavy atom. The molecule has 0 aromatic heterocycles. The zero-order valence-electron chi connectivity index (χ0n) is 11.0. The molecule has 2 N–H and O–H groups in total. The lowest BCUT2D eigenvalue weighted by Crippen LogP contribution is -2.35. The molecule has 0 aliphatic heterocycles. The van der Waals surface area contributed by atoms with Crippen molar-refractivity contribution in [1.29, 1.82) is 0 Å². The topological polar surface area (TPSA) is 49.3 Å². The van der Waals surface area contributed by atoms with Crippen molar-refractivity contribution < 1.29 is 9.90 Å². The van der Waals surface area contributed by atoms with Crippen LogP contribution in [0.1, 0.15) is 35.7 Å². The van der Waals surface area contributed by atoms with Gasteiger partial charge in [-0.25, -0.2) is 0 Å². The van der Waals surface area contributed by atoms with Gasteiger partial charge in [-0.1, -0.05) is 19.1 Å². The number of hydrogen-bond acceptors (Lipinski definition) is 3. The number of amides is 1. The maximum atomic E-state index is 12.0. The second kappa shape index (κ2) is 8.16. The third-order valence-corrected chi connectivity index (χ3v) is 3.43. The van der Waals surface area contributed by atoms with E-state index >= 15 is 0 Å². The van der Waals surface area contributed by atoms with Gasteiger partial charge in [-0.2, -0.15) is 11.8 Å². The van der Waals surface area contributed by atoms with Crippen LogP contribution in [0.3, 0.4) is 0 Å². The molecule has 1 rings (SSSR count). The van der Waals surface area contributed by atoms with Gasteiger partial charge in [-0.3, -0.25) is 4.79 Å². The molecule has 0 bridgehead atoms. The molecule has 1 amide bonds. The van der Waals surface area contributed by atoms with Gasteiger partial charge in [0.1, 0.15) is 0 Å². The summed E-state index contributed by atoms with van der Waals surface area (Å²) in [6, 6.07) is 7.74. The van der Waals surface area contributed by atoms with Crippen LogP contribution in [0, 0.1) is 0 Å². The number of nitrogens with one attached hydrogen (secondary N) is 1. The Morgan fingerprint density at radius 1 is 1.50 bits per heavy atom. The van der Waals surface area contributed by atoms with Gasteiger partial charge in [0.15, 0.2) is 0 Å². The summed E-state index contributed by atoms with van der Waals surface area (Å²) in [5.74, 6) is 0.854. The minimum Gasteiger partial charge on any atom is -0.396 e. The van der Waals surface area contributed by atoms with E-state index in [0.29, 0.717) is 12.0 Å². The van der Waals surface area contributed by atoms with Crippen LogP contribution >= 0.6 is 11.8 Å². The summed E-state index contributed by atoms with van der Waals surface area (Å²) in [5.41, 5.74) is 1.85. The Labute approximate surface area is 113 Å². The summed E-state index contributed by atoms with van der Waals surface area (Å²) >= 11 is 1.74. The SMILES string of the molecule is CCC(CCO)NC(=O)c1cccc(CSC)c1. The first-order chi connectivity index (χ1) is 8.71. The number of rotatable bonds is 7. The molecule has 1 atom stereocenters. The van der Waals surface area contributed by atoms with Crippen molar-refractivity contribution in [1.82, 2.24) is 5.32 Å². The van der Waals surface area contributed by atoms with E-state index in [0.717, 1.165) is 17.7 Å². The summed E-state index contributed by atoms with van der Waals surface area (Å²) in [6.07, 6.45) is 3.48. The number of benzene rings is 1. The average molecular weight is 267 g/mol. The van der Waals surface area contributed by atoms with Crippen molar-refractivity contribution in [3.05, 3.63) is 35.4 Å². The van der Waals surface area contributed by atoms with Crippen molar-refractivity contribution in [2.75, 3.05) is 12.9 Å². The molecular weight excluding hydrogens is 246 g/mol. The Kier molecular flexibility index (Phi) is 6.83. The van der Waals surface area contributed by atoms with Crippen molar-refractivity contribution in [2.45, 2.75) is 31.6 Å². The van der Waals surface area contributed by atoms with Gasteiger partial charge in [0.2, 0.25) is 0 Å². The second-order valence-corrected chi connectivity index (χ2v) is 5.09. The molecule has 18 heavy (non-hydrogen) atoms. The number of aliphatic hydroxyl groups excluding tert-OH is 1. The first-order valence-corrected chi connectivity index (χ1v) is 7.60. The lowest BCUT2D eigenvalue weighted by molar-refractivity contribution is 0.0929. The van der Waals surface area contributed by atoms with Gasteiger partial charge in [0.05, 0.1) is 0 Å². The van der Waals surface area contributed by atoms with Crippen LogP contribution in [-0.2, 0) is 5.75 Å². The van der Waals surface area contributed by atoms with Gasteiger partial charge < -0.3 is 10.4 Å².